The van der Waals surface area contributed by atoms with Gasteiger partial charge in [-0.25, -0.2) is 0 Å². The summed E-state index contributed by atoms with van der Waals surface area (Å²) in [5, 5.41) is 1.94. The van der Waals surface area contributed by atoms with Crippen molar-refractivity contribution >= 4 is 46.3 Å². The van der Waals surface area contributed by atoms with Crippen LogP contribution >= 0.6 is 11.6 Å². The van der Waals surface area contributed by atoms with E-state index in [-0.39, 0.29) is 6.42 Å². The molecule has 1 aliphatic rings. The van der Waals surface area contributed by atoms with E-state index in [0.29, 0.717) is 34.4 Å². The van der Waals surface area contributed by atoms with Gasteiger partial charge in [-0.05, 0) is 47.6 Å². The molecule has 1 fully saturated rings. The second-order valence-corrected chi connectivity index (χ2v) is 10.7. The van der Waals surface area contributed by atoms with Crippen molar-refractivity contribution in [3.8, 4) is 5.75 Å². The van der Waals surface area contributed by atoms with Crippen LogP contribution in [0.25, 0.3) is 10.8 Å². The summed E-state index contributed by atoms with van der Waals surface area (Å²) in [7, 11) is 1.22. The number of carbonyl (C=O) groups excluding carboxylic acids is 4. The Hall–Kier alpha value is -4.15. The van der Waals surface area contributed by atoms with Crippen molar-refractivity contribution < 1.29 is 47.6 Å². The highest BCUT2D eigenvalue weighted by Crippen LogP contribution is 2.43. The SMILES string of the molecule is CCOc1ccc(Cc2cc([C@@H]3O[C@H](CC(=O)OC)[C@@H](OC(C)=O)[C@@H](OC(C)=O)[C@H]3OC(C)=O)c3ccccc3c2Cl)cc1. The first kappa shape index (κ1) is 32.8. The molecule has 0 aliphatic carbocycles. The molecular formula is C33H35ClO10. The number of fused-ring (bicyclic) bond motifs is 1. The molecule has 0 saturated carbocycles. The summed E-state index contributed by atoms with van der Waals surface area (Å²) in [5.41, 5.74) is 2.30. The van der Waals surface area contributed by atoms with Crippen LogP contribution in [0.2, 0.25) is 5.02 Å². The van der Waals surface area contributed by atoms with Crippen molar-refractivity contribution in [3.63, 3.8) is 0 Å². The largest absolute Gasteiger partial charge is 0.494 e. The molecular weight excluding hydrogens is 592 g/mol. The maximum absolute atomic E-state index is 12.5. The average molecular weight is 627 g/mol. The third kappa shape index (κ3) is 7.67. The number of esters is 4. The Kier molecular flexibility index (Phi) is 10.8. The van der Waals surface area contributed by atoms with Crippen molar-refractivity contribution in [1.29, 1.82) is 0 Å². The highest BCUT2D eigenvalue weighted by molar-refractivity contribution is 6.36. The topological polar surface area (TPSA) is 124 Å². The van der Waals surface area contributed by atoms with Gasteiger partial charge in [0.2, 0.25) is 0 Å². The first-order valence-electron chi connectivity index (χ1n) is 14.2. The fraction of sp³-hybridized carbons (Fsp3) is 0.394. The first-order valence-corrected chi connectivity index (χ1v) is 14.6. The lowest BCUT2D eigenvalue weighted by Crippen LogP contribution is -2.58. The van der Waals surface area contributed by atoms with Gasteiger partial charge in [0.15, 0.2) is 18.3 Å². The number of ether oxygens (including phenoxy) is 6. The molecule has 0 aromatic heterocycles. The zero-order valence-corrected chi connectivity index (χ0v) is 25.9. The molecule has 11 heteroatoms. The van der Waals surface area contributed by atoms with Crippen molar-refractivity contribution in [1.82, 2.24) is 0 Å². The van der Waals surface area contributed by atoms with Gasteiger partial charge in [0, 0.05) is 26.2 Å². The molecule has 1 heterocycles. The van der Waals surface area contributed by atoms with Gasteiger partial charge in [0.1, 0.15) is 18.0 Å². The minimum absolute atomic E-state index is 0.333. The van der Waals surface area contributed by atoms with Crippen molar-refractivity contribution in [3.05, 3.63) is 76.3 Å². The Balaban J connectivity index is 1.89. The molecule has 44 heavy (non-hydrogen) atoms. The maximum Gasteiger partial charge on any atom is 0.308 e. The fourth-order valence-electron chi connectivity index (χ4n) is 5.44. The van der Waals surface area contributed by atoms with Gasteiger partial charge in [-0.3, -0.25) is 19.2 Å². The third-order valence-corrected chi connectivity index (χ3v) is 7.60. The summed E-state index contributed by atoms with van der Waals surface area (Å²) in [6, 6.07) is 16.9. The van der Waals surface area contributed by atoms with E-state index in [4.69, 9.17) is 40.0 Å². The Bertz CT molecular complexity index is 1520. The van der Waals surface area contributed by atoms with Crippen molar-refractivity contribution in [2.45, 2.75) is 71.1 Å². The molecule has 0 unspecified atom stereocenters. The monoisotopic (exact) mass is 626 g/mol. The molecule has 10 nitrogen and oxygen atoms in total. The van der Waals surface area contributed by atoms with Crippen LogP contribution in [0, 0.1) is 0 Å². The van der Waals surface area contributed by atoms with Crippen LogP contribution < -0.4 is 4.74 Å². The zero-order valence-electron chi connectivity index (χ0n) is 25.2. The van der Waals surface area contributed by atoms with Crippen LogP contribution in [0.4, 0.5) is 0 Å². The van der Waals surface area contributed by atoms with Crippen LogP contribution in [-0.4, -0.2) is 62.0 Å². The van der Waals surface area contributed by atoms with Gasteiger partial charge < -0.3 is 28.4 Å². The van der Waals surface area contributed by atoms with Crippen LogP contribution in [0.5, 0.6) is 5.75 Å². The van der Waals surface area contributed by atoms with Crippen molar-refractivity contribution in [2.24, 2.45) is 0 Å². The van der Waals surface area contributed by atoms with Crippen LogP contribution in [0.1, 0.15) is 56.9 Å². The van der Waals surface area contributed by atoms with Gasteiger partial charge in [-0.15, -0.1) is 0 Å². The van der Waals surface area contributed by atoms with E-state index in [1.807, 2.05) is 61.5 Å². The van der Waals surface area contributed by atoms with Gasteiger partial charge in [-0.1, -0.05) is 54.1 Å². The van der Waals surface area contributed by atoms with E-state index < -0.39 is 54.4 Å². The summed E-state index contributed by atoms with van der Waals surface area (Å²) in [6.45, 7) is 6.03. The lowest BCUT2D eigenvalue weighted by Gasteiger charge is -2.45. The quantitative estimate of drug-likeness (QED) is 0.217. The van der Waals surface area contributed by atoms with E-state index in [1.165, 1.54) is 27.9 Å². The smallest absolute Gasteiger partial charge is 0.308 e. The van der Waals surface area contributed by atoms with E-state index in [9.17, 15) is 19.2 Å². The Morgan fingerprint density at radius 2 is 1.41 bits per heavy atom. The summed E-state index contributed by atoms with van der Waals surface area (Å²) in [4.78, 5) is 49.4. The van der Waals surface area contributed by atoms with Gasteiger partial charge >= 0.3 is 23.9 Å². The Morgan fingerprint density at radius 3 is 2.00 bits per heavy atom. The van der Waals surface area contributed by atoms with Crippen molar-refractivity contribution in [2.75, 3.05) is 13.7 Å². The van der Waals surface area contributed by atoms with Crippen LogP contribution in [0.15, 0.2) is 54.6 Å². The van der Waals surface area contributed by atoms with Crippen LogP contribution in [0.3, 0.4) is 0 Å². The number of carbonyl (C=O) groups is 4. The summed E-state index contributed by atoms with van der Waals surface area (Å²) < 4.78 is 33.8. The minimum atomic E-state index is -1.31. The molecule has 1 saturated heterocycles. The predicted octanol–water partition coefficient (Wildman–Crippen LogP) is 5.28. The van der Waals surface area contributed by atoms with Crippen LogP contribution in [-0.2, 0) is 49.3 Å². The molecule has 0 bridgehead atoms. The Labute approximate surface area is 260 Å². The highest BCUT2D eigenvalue weighted by atomic mass is 35.5. The summed E-state index contributed by atoms with van der Waals surface area (Å²) in [6.07, 6.45) is -5.90. The molecule has 234 valence electrons. The molecule has 3 aromatic carbocycles. The van der Waals surface area contributed by atoms with E-state index in [1.54, 1.807) is 0 Å². The number of hydrogen-bond acceptors (Lipinski definition) is 10. The lowest BCUT2D eigenvalue weighted by atomic mass is 9.86. The second-order valence-electron chi connectivity index (χ2n) is 10.3. The molecule has 3 aromatic rings. The van der Waals surface area contributed by atoms with Gasteiger partial charge in [-0.2, -0.15) is 0 Å². The minimum Gasteiger partial charge on any atom is -0.494 e. The zero-order chi connectivity index (χ0) is 32.0. The first-order chi connectivity index (χ1) is 21.0. The number of hydrogen-bond donors (Lipinski definition) is 0. The molecule has 4 rings (SSSR count). The van der Waals surface area contributed by atoms with E-state index >= 15 is 0 Å². The molecule has 0 amide bonds. The maximum atomic E-state index is 12.5. The van der Waals surface area contributed by atoms with E-state index in [0.717, 1.165) is 16.9 Å². The number of rotatable bonds is 10. The number of methoxy groups -OCH3 is 1. The Morgan fingerprint density at radius 1 is 0.818 bits per heavy atom. The normalized spacial score (nSPS) is 21.3. The molecule has 5 atom stereocenters. The van der Waals surface area contributed by atoms with E-state index in [2.05, 4.69) is 0 Å². The predicted molar refractivity (Wildman–Crippen MR) is 160 cm³/mol. The fourth-order valence-corrected chi connectivity index (χ4v) is 5.73. The highest BCUT2D eigenvalue weighted by Gasteiger charge is 2.53. The van der Waals surface area contributed by atoms with Gasteiger partial charge in [0.25, 0.3) is 0 Å². The molecule has 0 radical (unpaired) electrons. The molecule has 1 aliphatic heterocycles. The third-order valence-electron chi connectivity index (χ3n) is 7.16. The summed E-state index contributed by atoms with van der Waals surface area (Å²) >= 11 is 6.96. The summed E-state index contributed by atoms with van der Waals surface area (Å²) in [5.74, 6) is -1.99. The second kappa shape index (κ2) is 14.5. The lowest BCUT2D eigenvalue weighted by molar-refractivity contribution is -0.249. The molecule has 0 spiro atoms. The average Bonchev–Trinajstić information content (AvgIpc) is 2.98. The standard InChI is InChI=1S/C33H35ClO10/c1-6-40-23-13-11-21(12-14-23)15-22-16-26(24-9-7-8-10-25(24)29(22)34)30-32(42-19(3)36)33(43-20(4)37)31(41-18(2)35)27(44-30)17-28(38)39-5/h7-14,16,27,30-33H,6,15,17H2,1-5H3/t27-,30+,31-,32+,33-/m1/s1. The molecule has 0 N–H and O–H groups in total. The number of halogens is 1. The van der Waals surface area contributed by atoms with Gasteiger partial charge in [0.05, 0.1) is 25.2 Å². The number of benzene rings is 3.